The average Bonchev–Trinajstić information content (AvgIpc) is 1.87. The van der Waals surface area contributed by atoms with Crippen LogP contribution in [0.15, 0.2) is 0 Å². The van der Waals surface area contributed by atoms with Gasteiger partial charge >= 0.3 is 0 Å². The number of nitrogens with two attached hydrogens (primary N) is 1. The molecule has 0 aliphatic heterocycles. The van der Waals surface area contributed by atoms with E-state index in [4.69, 9.17) is 15.9 Å². The number of hydrogen-bond donors (Lipinski definition) is 3. The number of carbonyl (C=O) groups is 1. The Kier molecular flexibility index (Phi) is 5.78. The van der Waals surface area contributed by atoms with Gasteiger partial charge in [0, 0.05) is 19.6 Å². The molecule has 4 heteroatoms. The van der Waals surface area contributed by atoms with Crippen molar-refractivity contribution in [3.8, 4) is 0 Å². The largest absolute Gasteiger partial charge is 0.396 e. The van der Waals surface area contributed by atoms with Crippen LogP contribution in [-0.4, -0.2) is 29.3 Å². The smallest absolute Gasteiger partial charge is 0.217 e. The predicted molar refractivity (Wildman–Crippen MR) is 40.7 cm³/mol. The molecule has 1 amide bonds. The number of carbonyl (C=O) groups excluding carboxylic acids is 1. The van der Waals surface area contributed by atoms with Gasteiger partial charge < -0.3 is 15.9 Å². The summed E-state index contributed by atoms with van der Waals surface area (Å²) in [7, 11) is 0. The number of rotatable bonds is 6. The van der Waals surface area contributed by atoms with Crippen LogP contribution in [0.3, 0.4) is 0 Å². The Balaban J connectivity index is 3.59. The van der Waals surface area contributed by atoms with Crippen LogP contribution in [0.4, 0.5) is 0 Å². The molecular formula is C7H15NO3. The van der Waals surface area contributed by atoms with E-state index >= 15 is 0 Å². The Morgan fingerprint density at radius 1 is 1.27 bits per heavy atom. The monoisotopic (exact) mass is 161 g/mol. The van der Waals surface area contributed by atoms with E-state index in [2.05, 4.69) is 0 Å². The summed E-state index contributed by atoms with van der Waals surface area (Å²) in [5.41, 5.74) is 4.95. The SMILES string of the molecule is NC(=O)CC(CCO)CCO. The van der Waals surface area contributed by atoms with Crippen LogP contribution in [0.25, 0.3) is 0 Å². The van der Waals surface area contributed by atoms with E-state index in [0.29, 0.717) is 12.8 Å². The Hall–Kier alpha value is -0.610. The molecule has 0 bridgehead atoms. The van der Waals surface area contributed by atoms with Crippen LogP contribution in [0.1, 0.15) is 19.3 Å². The molecule has 0 spiro atoms. The fourth-order valence-electron chi connectivity index (χ4n) is 0.998. The van der Waals surface area contributed by atoms with Gasteiger partial charge in [-0.15, -0.1) is 0 Å². The molecule has 11 heavy (non-hydrogen) atoms. The maximum absolute atomic E-state index is 10.4. The molecule has 0 radical (unpaired) electrons. The highest BCUT2D eigenvalue weighted by atomic mass is 16.3. The first kappa shape index (κ1) is 10.4. The second-order valence-electron chi connectivity index (χ2n) is 2.56. The highest BCUT2D eigenvalue weighted by Crippen LogP contribution is 2.11. The summed E-state index contributed by atoms with van der Waals surface area (Å²) in [5.74, 6) is -0.348. The maximum Gasteiger partial charge on any atom is 0.217 e. The Labute approximate surface area is 66.0 Å². The molecule has 4 nitrogen and oxygen atoms in total. The van der Waals surface area contributed by atoms with Gasteiger partial charge in [0.05, 0.1) is 0 Å². The van der Waals surface area contributed by atoms with E-state index < -0.39 is 0 Å². The van der Waals surface area contributed by atoms with E-state index in [1.165, 1.54) is 0 Å². The predicted octanol–water partition coefficient (Wildman–Crippen LogP) is -0.757. The van der Waals surface area contributed by atoms with Crippen molar-refractivity contribution >= 4 is 5.91 Å². The average molecular weight is 161 g/mol. The summed E-state index contributed by atoms with van der Waals surface area (Å²) in [5, 5.41) is 17.1. The summed E-state index contributed by atoms with van der Waals surface area (Å²) in [6.07, 6.45) is 1.31. The minimum atomic E-state index is -0.378. The molecule has 0 saturated carbocycles. The third kappa shape index (κ3) is 5.82. The molecule has 0 atom stereocenters. The Morgan fingerprint density at radius 3 is 2.00 bits per heavy atom. The standard InChI is InChI=1S/C7H15NO3/c8-7(11)5-6(1-3-9)2-4-10/h6,9-10H,1-5H2,(H2,8,11). The first-order valence-electron chi connectivity index (χ1n) is 3.70. The van der Waals surface area contributed by atoms with Crippen LogP contribution in [0.2, 0.25) is 0 Å². The third-order valence-corrected chi connectivity index (χ3v) is 1.56. The van der Waals surface area contributed by atoms with Gasteiger partial charge in [-0.05, 0) is 18.8 Å². The van der Waals surface area contributed by atoms with Gasteiger partial charge in [-0.2, -0.15) is 0 Å². The molecular weight excluding hydrogens is 146 g/mol. The fraction of sp³-hybridized carbons (Fsp3) is 0.857. The van der Waals surface area contributed by atoms with Crippen molar-refractivity contribution in [3.05, 3.63) is 0 Å². The number of hydrogen-bond acceptors (Lipinski definition) is 3. The van der Waals surface area contributed by atoms with Gasteiger partial charge in [-0.1, -0.05) is 0 Å². The lowest BCUT2D eigenvalue weighted by atomic mass is 9.98. The molecule has 0 rings (SSSR count). The van der Waals surface area contributed by atoms with Crippen molar-refractivity contribution in [2.24, 2.45) is 11.7 Å². The summed E-state index contributed by atoms with van der Waals surface area (Å²) in [4.78, 5) is 10.4. The number of aliphatic hydroxyl groups excluding tert-OH is 2. The lowest BCUT2D eigenvalue weighted by molar-refractivity contribution is -0.119. The summed E-state index contributed by atoms with van der Waals surface area (Å²) >= 11 is 0. The van der Waals surface area contributed by atoms with E-state index in [9.17, 15) is 4.79 Å². The normalized spacial score (nSPS) is 10.5. The van der Waals surface area contributed by atoms with E-state index in [0.717, 1.165) is 0 Å². The quantitative estimate of drug-likeness (QED) is 0.479. The van der Waals surface area contributed by atoms with Gasteiger partial charge in [0.15, 0.2) is 0 Å². The Bertz CT molecular complexity index is 110. The van der Waals surface area contributed by atoms with Gasteiger partial charge in [-0.25, -0.2) is 0 Å². The molecule has 0 aromatic heterocycles. The van der Waals surface area contributed by atoms with Crippen molar-refractivity contribution in [1.82, 2.24) is 0 Å². The van der Waals surface area contributed by atoms with Crippen molar-refractivity contribution in [1.29, 1.82) is 0 Å². The second kappa shape index (κ2) is 6.12. The molecule has 0 aromatic rings. The maximum atomic E-state index is 10.4. The van der Waals surface area contributed by atoms with E-state index in [1.807, 2.05) is 0 Å². The first-order chi connectivity index (χ1) is 5.20. The lowest BCUT2D eigenvalue weighted by Crippen LogP contribution is -2.18. The van der Waals surface area contributed by atoms with Gasteiger partial charge in [0.1, 0.15) is 0 Å². The topological polar surface area (TPSA) is 83.6 Å². The van der Waals surface area contributed by atoms with Crippen molar-refractivity contribution < 1.29 is 15.0 Å². The van der Waals surface area contributed by atoms with E-state index in [1.54, 1.807) is 0 Å². The number of primary amides is 1. The van der Waals surface area contributed by atoms with Gasteiger partial charge in [0.25, 0.3) is 0 Å². The summed E-state index contributed by atoms with van der Waals surface area (Å²) < 4.78 is 0. The van der Waals surface area contributed by atoms with Gasteiger partial charge in [0.2, 0.25) is 5.91 Å². The highest BCUT2D eigenvalue weighted by molar-refractivity contribution is 5.73. The first-order valence-corrected chi connectivity index (χ1v) is 3.70. The van der Waals surface area contributed by atoms with Crippen LogP contribution < -0.4 is 5.73 Å². The van der Waals surface area contributed by atoms with Crippen molar-refractivity contribution in [3.63, 3.8) is 0 Å². The molecule has 0 aliphatic rings. The molecule has 0 heterocycles. The zero-order chi connectivity index (χ0) is 8.69. The van der Waals surface area contributed by atoms with Crippen molar-refractivity contribution in [2.75, 3.05) is 13.2 Å². The molecule has 66 valence electrons. The van der Waals surface area contributed by atoms with Crippen LogP contribution in [0, 0.1) is 5.92 Å². The van der Waals surface area contributed by atoms with Crippen LogP contribution >= 0.6 is 0 Å². The summed E-state index contributed by atoms with van der Waals surface area (Å²) in [6, 6.07) is 0. The lowest BCUT2D eigenvalue weighted by Gasteiger charge is -2.10. The molecule has 0 unspecified atom stereocenters. The zero-order valence-electron chi connectivity index (χ0n) is 6.49. The second-order valence-corrected chi connectivity index (χ2v) is 2.56. The molecule has 4 N–H and O–H groups in total. The zero-order valence-corrected chi connectivity index (χ0v) is 6.49. The van der Waals surface area contributed by atoms with Crippen LogP contribution in [0.5, 0.6) is 0 Å². The molecule has 0 saturated heterocycles. The van der Waals surface area contributed by atoms with E-state index in [-0.39, 0.29) is 31.5 Å². The number of aliphatic hydroxyl groups is 2. The highest BCUT2D eigenvalue weighted by Gasteiger charge is 2.09. The third-order valence-electron chi connectivity index (χ3n) is 1.56. The van der Waals surface area contributed by atoms with Gasteiger partial charge in [-0.3, -0.25) is 4.79 Å². The summed E-state index contributed by atoms with van der Waals surface area (Å²) in [6.45, 7) is 0.0793. The molecule has 0 aliphatic carbocycles. The fourth-order valence-corrected chi connectivity index (χ4v) is 0.998. The van der Waals surface area contributed by atoms with Crippen LogP contribution in [-0.2, 0) is 4.79 Å². The minimum absolute atomic E-state index is 0.0301. The number of amides is 1. The molecule has 0 aromatic carbocycles. The van der Waals surface area contributed by atoms with Crippen molar-refractivity contribution in [2.45, 2.75) is 19.3 Å². The molecule has 0 fully saturated rings. The minimum Gasteiger partial charge on any atom is -0.396 e. The Morgan fingerprint density at radius 2 is 1.73 bits per heavy atom.